The van der Waals surface area contributed by atoms with Gasteiger partial charge in [-0.25, -0.2) is 0 Å². The van der Waals surface area contributed by atoms with E-state index in [9.17, 15) is 5.11 Å². The van der Waals surface area contributed by atoms with Crippen LogP contribution >= 0.6 is 11.3 Å². The maximum absolute atomic E-state index is 9.47. The number of hydrogen-bond donors (Lipinski definition) is 2. The zero-order valence-corrected chi connectivity index (χ0v) is 10.4. The smallest absolute Gasteiger partial charge is 0.0514 e. The summed E-state index contributed by atoms with van der Waals surface area (Å²) in [6.07, 6.45) is 0. The third kappa shape index (κ3) is 2.12. The molecule has 16 heavy (non-hydrogen) atoms. The summed E-state index contributed by atoms with van der Waals surface area (Å²) in [5.74, 6) is 0.163. The number of rotatable bonds is 4. The van der Waals surface area contributed by atoms with Gasteiger partial charge in [-0.2, -0.15) is 0 Å². The van der Waals surface area contributed by atoms with E-state index in [0.29, 0.717) is 0 Å². The fraction of sp³-hybridized carbons (Fsp3) is 0.385. The number of thiophene rings is 1. The van der Waals surface area contributed by atoms with Gasteiger partial charge in [0.25, 0.3) is 0 Å². The molecule has 2 unspecified atom stereocenters. The van der Waals surface area contributed by atoms with Gasteiger partial charge in [-0.1, -0.05) is 12.1 Å². The summed E-state index contributed by atoms with van der Waals surface area (Å²) in [5.41, 5.74) is 1.21. The topological polar surface area (TPSA) is 32.3 Å². The van der Waals surface area contributed by atoms with Crippen LogP contribution in [0.5, 0.6) is 0 Å². The first kappa shape index (κ1) is 11.6. The molecule has 3 heteroatoms. The summed E-state index contributed by atoms with van der Waals surface area (Å²) >= 11 is 1.75. The number of aliphatic hydroxyl groups excluding tert-OH is 1. The van der Waals surface area contributed by atoms with E-state index in [-0.39, 0.29) is 18.6 Å². The van der Waals surface area contributed by atoms with Crippen LogP contribution in [0.3, 0.4) is 0 Å². The molecule has 2 aromatic rings. The molecule has 86 valence electrons. The van der Waals surface area contributed by atoms with Crippen LogP contribution in [0.4, 0.5) is 0 Å². The van der Waals surface area contributed by atoms with Crippen LogP contribution in [0.25, 0.3) is 10.1 Å². The zero-order chi connectivity index (χ0) is 11.5. The quantitative estimate of drug-likeness (QED) is 0.853. The van der Waals surface area contributed by atoms with Gasteiger partial charge in [0, 0.05) is 16.7 Å². The highest BCUT2D eigenvalue weighted by Gasteiger charge is 2.17. The van der Waals surface area contributed by atoms with E-state index in [1.54, 1.807) is 11.3 Å². The molecule has 0 aliphatic carbocycles. The second kappa shape index (κ2) is 4.95. The molecule has 0 amide bonds. The highest BCUT2D eigenvalue weighted by atomic mass is 32.1. The lowest BCUT2D eigenvalue weighted by Gasteiger charge is -2.21. The van der Waals surface area contributed by atoms with Crippen molar-refractivity contribution in [1.82, 2.24) is 5.32 Å². The van der Waals surface area contributed by atoms with Gasteiger partial charge in [0.15, 0.2) is 0 Å². The lowest BCUT2D eigenvalue weighted by atomic mass is 9.93. The second-order valence-electron chi connectivity index (χ2n) is 4.08. The summed E-state index contributed by atoms with van der Waals surface area (Å²) in [6.45, 7) is 2.28. The Labute approximate surface area is 99.9 Å². The van der Waals surface area contributed by atoms with Gasteiger partial charge < -0.3 is 10.4 Å². The Hall–Kier alpha value is -0.900. The Bertz CT molecular complexity index is 466. The predicted molar refractivity (Wildman–Crippen MR) is 70.2 cm³/mol. The largest absolute Gasteiger partial charge is 0.396 e. The molecule has 2 atom stereocenters. The first-order valence-electron chi connectivity index (χ1n) is 5.51. The highest BCUT2D eigenvalue weighted by molar-refractivity contribution is 7.17. The Morgan fingerprint density at radius 3 is 2.88 bits per heavy atom. The van der Waals surface area contributed by atoms with Crippen molar-refractivity contribution in [2.45, 2.75) is 18.9 Å². The standard InChI is InChI=1S/C13H17NOS/c1-9(14-2)12(8-15)11-4-3-10-5-6-16-13(10)7-11/h3-7,9,12,14-15H,8H2,1-2H3. The molecule has 0 radical (unpaired) electrons. The van der Waals surface area contributed by atoms with Crippen molar-refractivity contribution in [3.05, 3.63) is 35.2 Å². The van der Waals surface area contributed by atoms with Crippen molar-refractivity contribution in [1.29, 1.82) is 0 Å². The third-order valence-corrected chi connectivity index (χ3v) is 4.04. The Morgan fingerprint density at radius 1 is 1.38 bits per heavy atom. The van der Waals surface area contributed by atoms with Gasteiger partial charge in [0.05, 0.1) is 6.61 Å². The molecule has 0 saturated carbocycles. The molecule has 0 fully saturated rings. The summed E-state index contributed by atoms with van der Waals surface area (Å²) < 4.78 is 1.29. The summed E-state index contributed by atoms with van der Waals surface area (Å²) in [4.78, 5) is 0. The Kier molecular flexibility index (Phi) is 3.59. The van der Waals surface area contributed by atoms with Crippen LogP contribution in [0.2, 0.25) is 0 Å². The SMILES string of the molecule is CNC(C)C(CO)c1ccc2ccsc2c1. The van der Waals surface area contributed by atoms with Crippen molar-refractivity contribution in [2.75, 3.05) is 13.7 Å². The van der Waals surface area contributed by atoms with Gasteiger partial charge in [-0.3, -0.25) is 0 Å². The van der Waals surface area contributed by atoms with Gasteiger partial charge in [-0.05, 0) is 42.4 Å². The fourth-order valence-electron chi connectivity index (χ4n) is 1.96. The average Bonchev–Trinajstić information content (AvgIpc) is 2.77. The number of fused-ring (bicyclic) bond motifs is 1. The van der Waals surface area contributed by atoms with E-state index in [0.717, 1.165) is 0 Å². The van der Waals surface area contributed by atoms with E-state index in [1.807, 2.05) is 7.05 Å². The molecule has 2 rings (SSSR count). The van der Waals surface area contributed by atoms with Crippen molar-refractivity contribution >= 4 is 21.4 Å². The molecule has 0 spiro atoms. The molecule has 1 heterocycles. The lowest BCUT2D eigenvalue weighted by molar-refractivity contribution is 0.243. The number of aliphatic hydroxyl groups is 1. The number of nitrogens with one attached hydrogen (secondary N) is 1. The Balaban J connectivity index is 2.36. The van der Waals surface area contributed by atoms with E-state index in [4.69, 9.17) is 0 Å². The average molecular weight is 235 g/mol. The highest BCUT2D eigenvalue weighted by Crippen LogP contribution is 2.27. The molecule has 0 aliphatic heterocycles. The molecule has 1 aromatic heterocycles. The molecule has 2 nitrogen and oxygen atoms in total. The van der Waals surface area contributed by atoms with Crippen LogP contribution in [-0.2, 0) is 0 Å². The zero-order valence-electron chi connectivity index (χ0n) is 9.60. The van der Waals surface area contributed by atoms with Crippen LogP contribution in [0.1, 0.15) is 18.4 Å². The molecular formula is C13H17NOS. The van der Waals surface area contributed by atoms with Gasteiger partial charge in [0.1, 0.15) is 0 Å². The van der Waals surface area contributed by atoms with Crippen molar-refractivity contribution < 1.29 is 5.11 Å². The predicted octanol–water partition coefficient (Wildman–Crippen LogP) is 2.59. The summed E-state index contributed by atoms with van der Waals surface area (Å²) in [7, 11) is 1.93. The summed E-state index contributed by atoms with van der Waals surface area (Å²) in [6, 6.07) is 8.84. The third-order valence-electron chi connectivity index (χ3n) is 3.16. The van der Waals surface area contributed by atoms with E-state index < -0.39 is 0 Å². The van der Waals surface area contributed by atoms with Gasteiger partial charge >= 0.3 is 0 Å². The minimum absolute atomic E-state index is 0.163. The minimum atomic E-state index is 0.163. The molecular weight excluding hydrogens is 218 g/mol. The molecule has 0 aliphatic rings. The Morgan fingerprint density at radius 2 is 2.19 bits per heavy atom. The maximum atomic E-state index is 9.47. The molecule has 2 N–H and O–H groups in total. The van der Waals surface area contributed by atoms with Crippen molar-refractivity contribution in [3.63, 3.8) is 0 Å². The molecule has 1 aromatic carbocycles. The minimum Gasteiger partial charge on any atom is -0.396 e. The van der Waals surface area contributed by atoms with E-state index in [1.165, 1.54) is 15.6 Å². The van der Waals surface area contributed by atoms with Gasteiger partial charge in [-0.15, -0.1) is 11.3 Å². The van der Waals surface area contributed by atoms with Crippen molar-refractivity contribution in [2.24, 2.45) is 0 Å². The first-order chi connectivity index (χ1) is 7.76. The fourth-order valence-corrected chi connectivity index (χ4v) is 2.79. The van der Waals surface area contributed by atoms with E-state index >= 15 is 0 Å². The molecule has 0 saturated heterocycles. The maximum Gasteiger partial charge on any atom is 0.0514 e. The first-order valence-corrected chi connectivity index (χ1v) is 6.39. The number of benzene rings is 1. The summed E-state index contributed by atoms with van der Waals surface area (Å²) in [5, 5.41) is 16.0. The van der Waals surface area contributed by atoms with Crippen LogP contribution < -0.4 is 5.32 Å². The number of likely N-dealkylation sites (N-methyl/N-ethyl adjacent to an activating group) is 1. The van der Waals surface area contributed by atoms with Crippen molar-refractivity contribution in [3.8, 4) is 0 Å². The van der Waals surface area contributed by atoms with Crippen LogP contribution in [-0.4, -0.2) is 24.8 Å². The van der Waals surface area contributed by atoms with Gasteiger partial charge in [0.2, 0.25) is 0 Å². The van der Waals surface area contributed by atoms with E-state index in [2.05, 4.69) is 41.9 Å². The lowest BCUT2D eigenvalue weighted by Crippen LogP contribution is -2.30. The van der Waals surface area contributed by atoms with Crippen LogP contribution in [0.15, 0.2) is 29.6 Å². The molecule has 0 bridgehead atoms. The second-order valence-corrected chi connectivity index (χ2v) is 5.03. The van der Waals surface area contributed by atoms with Crippen LogP contribution in [0, 0.1) is 0 Å². The normalized spacial score (nSPS) is 15.2. The number of hydrogen-bond acceptors (Lipinski definition) is 3. The monoisotopic (exact) mass is 235 g/mol.